The molecule has 1 saturated heterocycles. The number of aromatic nitrogens is 2. The first-order valence-electron chi connectivity index (χ1n) is 14.0. The van der Waals surface area contributed by atoms with Crippen LogP contribution in [0, 0.1) is 0 Å². The molecular formula is C32H36N4O4. The van der Waals surface area contributed by atoms with E-state index in [0.29, 0.717) is 46.9 Å². The van der Waals surface area contributed by atoms with Gasteiger partial charge in [0.25, 0.3) is 5.56 Å². The average molecular weight is 541 g/mol. The maximum Gasteiger partial charge on any atom is 0.262 e. The molecule has 0 bridgehead atoms. The van der Waals surface area contributed by atoms with Gasteiger partial charge in [0.2, 0.25) is 5.91 Å². The molecule has 8 nitrogen and oxygen atoms in total. The molecule has 1 aromatic heterocycles. The van der Waals surface area contributed by atoms with Crippen LogP contribution in [0.2, 0.25) is 0 Å². The van der Waals surface area contributed by atoms with Gasteiger partial charge in [-0.2, -0.15) is 0 Å². The van der Waals surface area contributed by atoms with Crippen LogP contribution in [0.15, 0.2) is 77.6 Å². The third-order valence-corrected chi connectivity index (χ3v) is 7.22. The van der Waals surface area contributed by atoms with Crippen LogP contribution in [0.25, 0.3) is 22.3 Å². The number of rotatable bonds is 11. The predicted molar refractivity (Wildman–Crippen MR) is 157 cm³/mol. The normalized spacial score (nSPS) is 13.7. The molecule has 2 heterocycles. The molecule has 8 heteroatoms. The van der Waals surface area contributed by atoms with E-state index < -0.39 is 0 Å². The lowest BCUT2D eigenvalue weighted by Crippen LogP contribution is -2.33. The number of carbonyl (C=O) groups is 1. The second kappa shape index (κ2) is 13.3. The number of benzene rings is 3. The fourth-order valence-electron chi connectivity index (χ4n) is 5.08. The lowest BCUT2D eigenvalue weighted by molar-refractivity contribution is -0.121. The van der Waals surface area contributed by atoms with E-state index in [1.54, 1.807) is 19.2 Å². The molecule has 0 aliphatic carbocycles. The van der Waals surface area contributed by atoms with Crippen molar-refractivity contribution in [2.75, 3.05) is 33.4 Å². The van der Waals surface area contributed by atoms with E-state index in [2.05, 4.69) is 10.2 Å². The van der Waals surface area contributed by atoms with E-state index >= 15 is 0 Å². The fourth-order valence-corrected chi connectivity index (χ4v) is 5.08. The molecule has 1 aliphatic rings. The quantitative estimate of drug-likeness (QED) is 0.279. The molecule has 1 aliphatic heterocycles. The van der Waals surface area contributed by atoms with Gasteiger partial charge < -0.3 is 19.7 Å². The minimum atomic E-state index is -0.295. The third kappa shape index (κ3) is 6.87. The first-order chi connectivity index (χ1) is 19.6. The van der Waals surface area contributed by atoms with Gasteiger partial charge in [-0.25, -0.2) is 4.98 Å². The summed E-state index contributed by atoms with van der Waals surface area (Å²) in [6, 6.07) is 22.4. The fraction of sp³-hybridized carbons (Fsp3) is 0.344. The van der Waals surface area contributed by atoms with Crippen LogP contribution >= 0.6 is 0 Å². The van der Waals surface area contributed by atoms with Gasteiger partial charge in [-0.05, 0) is 68.2 Å². The van der Waals surface area contributed by atoms with Gasteiger partial charge in [0.05, 0.1) is 24.6 Å². The molecule has 0 saturated carbocycles. The van der Waals surface area contributed by atoms with E-state index in [1.165, 1.54) is 23.8 Å². The minimum absolute atomic E-state index is 0.165. The molecule has 0 radical (unpaired) electrons. The van der Waals surface area contributed by atoms with Crippen molar-refractivity contribution in [1.82, 2.24) is 19.8 Å². The summed E-state index contributed by atoms with van der Waals surface area (Å²) in [5.41, 5.74) is 1.92. The Hall–Kier alpha value is -4.17. The van der Waals surface area contributed by atoms with E-state index in [9.17, 15) is 9.59 Å². The summed E-state index contributed by atoms with van der Waals surface area (Å²) >= 11 is 0. The molecule has 1 fully saturated rings. The number of piperidine rings is 1. The molecule has 5 rings (SSSR count). The van der Waals surface area contributed by atoms with Gasteiger partial charge in [-0.1, -0.05) is 48.9 Å². The zero-order valence-electron chi connectivity index (χ0n) is 23.0. The van der Waals surface area contributed by atoms with Crippen molar-refractivity contribution in [2.45, 2.75) is 38.8 Å². The monoisotopic (exact) mass is 540 g/mol. The van der Waals surface area contributed by atoms with Crippen LogP contribution < -0.4 is 20.3 Å². The molecular weight excluding hydrogens is 504 g/mol. The molecule has 0 atom stereocenters. The Bertz CT molecular complexity index is 1500. The Morgan fingerprint density at radius 2 is 1.77 bits per heavy atom. The first kappa shape index (κ1) is 27.4. The second-order valence-corrected chi connectivity index (χ2v) is 10.1. The van der Waals surface area contributed by atoms with E-state index in [4.69, 9.17) is 14.5 Å². The number of fused-ring (bicyclic) bond motifs is 1. The number of likely N-dealkylation sites (tertiary alicyclic amines) is 1. The van der Waals surface area contributed by atoms with Crippen LogP contribution in [0.3, 0.4) is 0 Å². The van der Waals surface area contributed by atoms with Crippen molar-refractivity contribution in [3.63, 3.8) is 0 Å². The summed E-state index contributed by atoms with van der Waals surface area (Å²) in [4.78, 5) is 34.1. The van der Waals surface area contributed by atoms with E-state index in [1.807, 2.05) is 60.7 Å². The highest BCUT2D eigenvalue weighted by Crippen LogP contribution is 2.25. The number of nitrogens with one attached hydrogen (secondary N) is 1. The van der Waals surface area contributed by atoms with Gasteiger partial charge in [0.1, 0.15) is 23.9 Å². The number of carbonyl (C=O) groups excluding carboxylic acids is 1. The molecule has 0 spiro atoms. The SMILES string of the molecule is COc1cccc(-c2nc3ccc(OCCCN4CCCCC4)cc3c(=O)n2CC(=O)NCc2ccccc2)c1. The zero-order valence-corrected chi connectivity index (χ0v) is 23.0. The summed E-state index contributed by atoms with van der Waals surface area (Å²) in [5, 5.41) is 3.33. The average Bonchev–Trinajstić information content (AvgIpc) is 3.01. The summed E-state index contributed by atoms with van der Waals surface area (Å²) in [5.74, 6) is 1.39. The first-order valence-corrected chi connectivity index (χ1v) is 14.0. The van der Waals surface area contributed by atoms with Gasteiger partial charge in [-0.3, -0.25) is 14.2 Å². The standard InChI is InChI=1S/C32H36N4O4/c1-39-26-13-8-12-25(20-26)31-34-29-15-14-27(40-19-9-18-35-16-6-3-7-17-35)21-28(29)32(38)36(31)23-30(37)33-22-24-10-4-2-5-11-24/h2,4-5,8,10-15,20-21H,3,6-7,9,16-19,22-23H2,1H3,(H,33,37). The molecule has 40 heavy (non-hydrogen) atoms. The van der Waals surface area contributed by atoms with Gasteiger partial charge in [-0.15, -0.1) is 0 Å². The van der Waals surface area contributed by atoms with Crippen LogP contribution in [-0.2, 0) is 17.9 Å². The molecule has 3 aromatic carbocycles. The predicted octanol–water partition coefficient (Wildman–Crippen LogP) is 4.64. The number of amides is 1. The molecule has 0 unspecified atom stereocenters. The van der Waals surface area contributed by atoms with Crippen molar-refractivity contribution in [1.29, 1.82) is 0 Å². The van der Waals surface area contributed by atoms with Crippen LogP contribution in [-0.4, -0.2) is 53.7 Å². The maximum atomic E-state index is 13.8. The number of hydrogen-bond acceptors (Lipinski definition) is 6. The zero-order chi connectivity index (χ0) is 27.7. The van der Waals surface area contributed by atoms with Crippen molar-refractivity contribution in [2.24, 2.45) is 0 Å². The van der Waals surface area contributed by atoms with Crippen LogP contribution in [0.4, 0.5) is 0 Å². The van der Waals surface area contributed by atoms with Crippen LogP contribution in [0.1, 0.15) is 31.2 Å². The number of hydrogen-bond donors (Lipinski definition) is 1. The Kier molecular flexibility index (Phi) is 9.08. The third-order valence-electron chi connectivity index (χ3n) is 7.22. The maximum absolute atomic E-state index is 13.8. The lowest BCUT2D eigenvalue weighted by Gasteiger charge is -2.26. The Morgan fingerprint density at radius 1 is 0.950 bits per heavy atom. The number of ether oxygens (including phenoxy) is 2. The smallest absolute Gasteiger partial charge is 0.262 e. The van der Waals surface area contributed by atoms with Crippen molar-refractivity contribution in [3.8, 4) is 22.9 Å². The summed E-state index contributed by atoms with van der Waals surface area (Å²) < 4.78 is 12.8. The van der Waals surface area contributed by atoms with Crippen molar-refractivity contribution < 1.29 is 14.3 Å². The number of methoxy groups -OCH3 is 1. The Balaban J connectivity index is 1.39. The minimum Gasteiger partial charge on any atom is -0.497 e. The molecule has 1 amide bonds. The van der Waals surface area contributed by atoms with Crippen molar-refractivity contribution >= 4 is 16.8 Å². The van der Waals surface area contributed by atoms with Gasteiger partial charge >= 0.3 is 0 Å². The lowest BCUT2D eigenvalue weighted by atomic mass is 10.1. The molecule has 1 N–H and O–H groups in total. The Labute approximate surface area is 234 Å². The summed E-state index contributed by atoms with van der Waals surface area (Å²) in [7, 11) is 1.59. The number of nitrogens with zero attached hydrogens (tertiary/aromatic N) is 3. The van der Waals surface area contributed by atoms with Gasteiger partial charge in [0, 0.05) is 18.7 Å². The second-order valence-electron chi connectivity index (χ2n) is 10.1. The largest absolute Gasteiger partial charge is 0.497 e. The highest BCUT2D eigenvalue weighted by atomic mass is 16.5. The topological polar surface area (TPSA) is 85.7 Å². The van der Waals surface area contributed by atoms with Crippen molar-refractivity contribution in [3.05, 3.63) is 88.7 Å². The highest BCUT2D eigenvalue weighted by molar-refractivity contribution is 5.83. The summed E-state index contributed by atoms with van der Waals surface area (Å²) in [6.07, 6.45) is 4.79. The Morgan fingerprint density at radius 3 is 2.58 bits per heavy atom. The summed E-state index contributed by atoms with van der Waals surface area (Å²) in [6.45, 7) is 4.13. The highest BCUT2D eigenvalue weighted by Gasteiger charge is 2.17. The molecule has 208 valence electrons. The van der Waals surface area contributed by atoms with Crippen LogP contribution in [0.5, 0.6) is 11.5 Å². The van der Waals surface area contributed by atoms with Gasteiger partial charge in [0.15, 0.2) is 0 Å². The molecule has 4 aromatic rings. The van der Waals surface area contributed by atoms with E-state index in [0.717, 1.165) is 31.6 Å². The van der Waals surface area contributed by atoms with E-state index in [-0.39, 0.29) is 18.0 Å².